The molecule has 6 nitrogen and oxygen atoms in total. The molecule has 0 amide bonds. The Balaban J connectivity index is 2.23. The number of carbonyl (C=O) groups is 1. The maximum Gasteiger partial charge on any atom is 0.360 e. The van der Waals surface area contributed by atoms with Crippen molar-refractivity contribution in [3.63, 3.8) is 0 Å². The van der Waals surface area contributed by atoms with Gasteiger partial charge < -0.3 is 14.4 Å². The second-order valence-corrected chi connectivity index (χ2v) is 6.19. The summed E-state index contributed by atoms with van der Waals surface area (Å²) in [4.78, 5) is 22.2. The standard InChI is InChI=1S/C19H18Cl2N2O4/c1-12(16-10-14(20)8-9-17(16)21)22-27-11-13-6-4-5-7-15(13)18(23-26-3)19(24)25-2/h4-10H,11H2,1-3H3/b22-12+,23-18-. The fourth-order valence-electron chi connectivity index (χ4n) is 2.28. The van der Waals surface area contributed by atoms with Crippen molar-refractivity contribution < 1.29 is 19.2 Å². The van der Waals surface area contributed by atoms with Crippen LogP contribution in [0.25, 0.3) is 0 Å². The van der Waals surface area contributed by atoms with Crippen LogP contribution in [0.15, 0.2) is 52.8 Å². The molecular formula is C19H18Cl2N2O4. The molecule has 0 bridgehead atoms. The third-order valence-electron chi connectivity index (χ3n) is 3.57. The Kier molecular flexibility index (Phi) is 7.64. The number of hydrogen-bond acceptors (Lipinski definition) is 6. The highest BCUT2D eigenvalue weighted by Gasteiger charge is 2.19. The van der Waals surface area contributed by atoms with Crippen LogP contribution in [0.1, 0.15) is 23.6 Å². The van der Waals surface area contributed by atoms with Gasteiger partial charge in [0.1, 0.15) is 13.7 Å². The molecule has 2 rings (SSSR count). The van der Waals surface area contributed by atoms with Crippen molar-refractivity contribution in [2.45, 2.75) is 13.5 Å². The predicted octanol–water partition coefficient (Wildman–Crippen LogP) is 4.46. The molecule has 0 atom stereocenters. The summed E-state index contributed by atoms with van der Waals surface area (Å²) in [6.07, 6.45) is 0. The van der Waals surface area contributed by atoms with Gasteiger partial charge in [-0.05, 0) is 25.1 Å². The zero-order chi connectivity index (χ0) is 19.8. The predicted molar refractivity (Wildman–Crippen MR) is 105 cm³/mol. The molecule has 0 saturated heterocycles. The van der Waals surface area contributed by atoms with Gasteiger partial charge in [0.15, 0.2) is 5.71 Å². The van der Waals surface area contributed by atoms with Gasteiger partial charge >= 0.3 is 5.97 Å². The highest BCUT2D eigenvalue weighted by Crippen LogP contribution is 2.21. The summed E-state index contributed by atoms with van der Waals surface area (Å²) < 4.78 is 4.75. The van der Waals surface area contributed by atoms with Gasteiger partial charge in [-0.2, -0.15) is 0 Å². The SMILES string of the molecule is CO/N=C(\C(=O)OC)c1ccccc1CO/N=C(\C)c1cc(Cl)ccc1Cl. The minimum Gasteiger partial charge on any atom is -0.464 e. The number of hydrogen-bond donors (Lipinski definition) is 0. The van der Waals surface area contributed by atoms with Crippen LogP contribution in [-0.2, 0) is 25.8 Å². The molecule has 0 aromatic heterocycles. The molecule has 0 unspecified atom stereocenters. The Hall–Kier alpha value is -2.57. The van der Waals surface area contributed by atoms with Crippen molar-refractivity contribution in [3.05, 3.63) is 69.2 Å². The van der Waals surface area contributed by atoms with Crippen molar-refractivity contribution in [1.82, 2.24) is 0 Å². The zero-order valence-electron chi connectivity index (χ0n) is 15.0. The number of rotatable bonds is 7. The Labute approximate surface area is 167 Å². The topological polar surface area (TPSA) is 69.5 Å². The van der Waals surface area contributed by atoms with Crippen molar-refractivity contribution >= 4 is 40.6 Å². The molecule has 0 aliphatic carbocycles. The second kappa shape index (κ2) is 9.94. The van der Waals surface area contributed by atoms with E-state index in [2.05, 4.69) is 10.3 Å². The van der Waals surface area contributed by atoms with E-state index in [4.69, 9.17) is 37.6 Å². The lowest BCUT2D eigenvalue weighted by atomic mass is 10.0. The molecule has 8 heteroatoms. The van der Waals surface area contributed by atoms with Crippen molar-refractivity contribution in [2.75, 3.05) is 14.2 Å². The van der Waals surface area contributed by atoms with E-state index in [0.717, 1.165) is 0 Å². The van der Waals surface area contributed by atoms with Crippen molar-refractivity contribution in [3.8, 4) is 0 Å². The van der Waals surface area contributed by atoms with Crippen LogP contribution in [0, 0.1) is 0 Å². The van der Waals surface area contributed by atoms with Crippen LogP contribution in [0.5, 0.6) is 0 Å². The fourth-order valence-corrected chi connectivity index (χ4v) is 2.71. The quantitative estimate of drug-likeness (QED) is 0.385. The number of carbonyl (C=O) groups excluding carboxylic acids is 1. The van der Waals surface area contributed by atoms with Gasteiger partial charge in [0, 0.05) is 26.7 Å². The number of esters is 1. The average Bonchev–Trinajstić information content (AvgIpc) is 2.67. The number of benzene rings is 2. The first-order valence-corrected chi connectivity index (χ1v) is 8.63. The lowest BCUT2D eigenvalue weighted by Crippen LogP contribution is -2.19. The van der Waals surface area contributed by atoms with Gasteiger partial charge in [0.2, 0.25) is 0 Å². The molecule has 2 aromatic rings. The van der Waals surface area contributed by atoms with Crippen molar-refractivity contribution in [2.24, 2.45) is 10.3 Å². The van der Waals surface area contributed by atoms with E-state index in [9.17, 15) is 4.79 Å². The summed E-state index contributed by atoms with van der Waals surface area (Å²) in [7, 11) is 2.62. The van der Waals surface area contributed by atoms with Gasteiger partial charge in [0.25, 0.3) is 0 Å². The first-order chi connectivity index (χ1) is 13.0. The maximum atomic E-state index is 12.0. The minimum atomic E-state index is -0.616. The first kappa shape index (κ1) is 20.7. The smallest absolute Gasteiger partial charge is 0.360 e. The van der Waals surface area contributed by atoms with Crippen LogP contribution in [-0.4, -0.2) is 31.6 Å². The van der Waals surface area contributed by atoms with E-state index in [-0.39, 0.29) is 12.3 Å². The zero-order valence-corrected chi connectivity index (χ0v) is 16.5. The molecule has 142 valence electrons. The van der Waals surface area contributed by atoms with E-state index in [0.29, 0.717) is 32.4 Å². The van der Waals surface area contributed by atoms with E-state index >= 15 is 0 Å². The molecular weight excluding hydrogens is 391 g/mol. The Morgan fingerprint density at radius 1 is 1.04 bits per heavy atom. The van der Waals surface area contributed by atoms with Crippen LogP contribution < -0.4 is 0 Å². The molecule has 0 N–H and O–H groups in total. The summed E-state index contributed by atoms with van der Waals surface area (Å²) in [5.41, 5.74) is 2.50. The molecule has 0 aliphatic heterocycles. The van der Waals surface area contributed by atoms with Crippen molar-refractivity contribution in [1.29, 1.82) is 0 Å². The third-order valence-corrected chi connectivity index (χ3v) is 4.14. The number of oxime groups is 2. The highest BCUT2D eigenvalue weighted by atomic mass is 35.5. The van der Waals surface area contributed by atoms with E-state index < -0.39 is 5.97 Å². The van der Waals surface area contributed by atoms with Crippen LogP contribution in [0.4, 0.5) is 0 Å². The lowest BCUT2D eigenvalue weighted by Gasteiger charge is -2.10. The number of halogens is 2. The van der Waals surface area contributed by atoms with Gasteiger partial charge in [-0.1, -0.05) is 57.8 Å². The maximum absolute atomic E-state index is 12.0. The van der Waals surface area contributed by atoms with Gasteiger partial charge in [-0.25, -0.2) is 4.79 Å². The third kappa shape index (κ3) is 5.45. The second-order valence-electron chi connectivity index (χ2n) is 5.35. The molecule has 0 fully saturated rings. The molecule has 27 heavy (non-hydrogen) atoms. The normalized spacial score (nSPS) is 11.9. The number of nitrogens with zero attached hydrogens (tertiary/aromatic N) is 2. The molecule has 2 aromatic carbocycles. The van der Waals surface area contributed by atoms with E-state index in [1.54, 1.807) is 43.3 Å². The average molecular weight is 409 g/mol. The largest absolute Gasteiger partial charge is 0.464 e. The van der Waals surface area contributed by atoms with Gasteiger partial charge in [0.05, 0.1) is 12.8 Å². The summed E-state index contributed by atoms with van der Waals surface area (Å²) in [6.45, 7) is 1.86. The first-order valence-electron chi connectivity index (χ1n) is 7.87. The molecule has 0 radical (unpaired) electrons. The molecule has 0 aliphatic rings. The monoisotopic (exact) mass is 408 g/mol. The Morgan fingerprint density at radius 3 is 2.48 bits per heavy atom. The summed E-state index contributed by atoms with van der Waals surface area (Å²) in [6, 6.07) is 12.2. The van der Waals surface area contributed by atoms with Gasteiger partial charge in [-0.3, -0.25) is 0 Å². The number of methoxy groups -OCH3 is 1. The molecule has 0 heterocycles. The minimum absolute atomic E-state index is 0.0396. The summed E-state index contributed by atoms with van der Waals surface area (Å²) in [5, 5.41) is 8.91. The molecule has 0 saturated carbocycles. The molecule has 0 spiro atoms. The Bertz CT molecular complexity index is 882. The van der Waals surface area contributed by atoms with Gasteiger partial charge in [-0.15, -0.1) is 0 Å². The lowest BCUT2D eigenvalue weighted by molar-refractivity contribution is -0.132. The van der Waals surface area contributed by atoms with Crippen LogP contribution >= 0.6 is 23.2 Å². The van der Waals surface area contributed by atoms with E-state index in [1.807, 2.05) is 6.07 Å². The number of ether oxygens (including phenoxy) is 1. The Morgan fingerprint density at radius 2 is 1.78 bits per heavy atom. The van der Waals surface area contributed by atoms with E-state index in [1.165, 1.54) is 14.2 Å². The summed E-state index contributed by atoms with van der Waals surface area (Å²) >= 11 is 12.2. The van der Waals surface area contributed by atoms with Crippen LogP contribution in [0.3, 0.4) is 0 Å². The highest BCUT2D eigenvalue weighted by molar-refractivity contribution is 6.43. The fraction of sp³-hybridized carbons (Fsp3) is 0.211. The summed E-state index contributed by atoms with van der Waals surface area (Å²) in [5.74, 6) is -0.616. The van der Waals surface area contributed by atoms with Crippen LogP contribution in [0.2, 0.25) is 10.0 Å².